The molecule has 94 valence electrons. The molecule has 0 amide bonds. The Balaban J connectivity index is 1.89. The molecule has 2 aliphatic heterocycles. The average molecular weight is 246 g/mol. The fourth-order valence-corrected chi connectivity index (χ4v) is 2.24. The van der Waals surface area contributed by atoms with Gasteiger partial charge >= 0.3 is 5.97 Å². The fraction of sp³-hybridized carbons (Fsp3) is 0.385. The van der Waals surface area contributed by atoms with Crippen LogP contribution in [0.1, 0.15) is 13.3 Å². The largest absolute Gasteiger partial charge is 0.489 e. The molecule has 0 radical (unpaired) electrons. The van der Waals surface area contributed by atoms with Crippen LogP contribution in [0.3, 0.4) is 0 Å². The number of para-hydroxylation sites is 2. The Morgan fingerprint density at radius 2 is 2.39 bits per heavy atom. The first-order valence-corrected chi connectivity index (χ1v) is 6.05. The number of benzene rings is 1. The van der Waals surface area contributed by atoms with Crippen molar-refractivity contribution in [3.8, 4) is 5.75 Å². The second-order valence-electron chi connectivity index (χ2n) is 4.25. The molecule has 0 saturated carbocycles. The van der Waals surface area contributed by atoms with Crippen molar-refractivity contribution in [2.45, 2.75) is 19.4 Å². The van der Waals surface area contributed by atoms with Gasteiger partial charge in [0.1, 0.15) is 23.8 Å². The monoisotopic (exact) mass is 246 g/mol. The van der Waals surface area contributed by atoms with E-state index in [9.17, 15) is 4.79 Å². The van der Waals surface area contributed by atoms with Crippen LogP contribution in [0.5, 0.6) is 5.75 Å². The van der Waals surface area contributed by atoms with Crippen LogP contribution >= 0.6 is 0 Å². The zero-order chi connectivity index (χ0) is 12.5. The second-order valence-corrected chi connectivity index (χ2v) is 4.25. The van der Waals surface area contributed by atoms with Crippen LogP contribution in [0.2, 0.25) is 0 Å². The summed E-state index contributed by atoms with van der Waals surface area (Å²) in [4.78, 5) is 11.7. The molecule has 0 aliphatic carbocycles. The summed E-state index contributed by atoms with van der Waals surface area (Å²) in [6.45, 7) is 2.71. The Labute approximate surface area is 105 Å². The molecular weight excluding hydrogens is 232 g/mol. The van der Waals surface area contributed by atoms with Gasteiger partial charge in [0.2, 0.25) is 0 Å². The SMILES string of the molecule is CCOC(=O)C1=NN2c3ccccc3OCC2C1. The summed E-state index contributed by atoms with van der Waals surface area (Å²) < 4.78 is 10.6. The van der Waals surface area contributed by atoms with E-state index in [0.29, 0.717) is 25.3 Å². The van der Waals surface area contributed by atoms with Crippen LogP contribution in [0.15, 0.2) is 29.4 Å². The van der Waals surface area contributed by atoms with E-state index in [1.165, 1.54) is 0 Å². The minimum Gasteiger partial charge on any atom is -0.489 e. The highest BCUT2D eigenvalue weighted by Gasteiger charge is 2.36. The third-order valence-electron chi connectivity index (χ3n) is 3.06. The lowest BCUT2D eigenvalue weighted by atomic mass is 10.1. The molecular formula is C13H14N2O3. The predicted octanol–water partition coefficient (Wildman–Crippen LogP) is 1.58. The van der Waals surface area contributed by atoms with Crippen molar-refractivity contribution in [3.63, 3.8) is 0 Å². The molecule has 0 fully saturated rings. The number of carbonyl (C=O) groups excluding carboxylic acids is 1. The number of nitrogens with zero attached hydrogens (tertiary/aromatic N) is 2. The zero-order valence-electron chi connectivity index (χ0n) is 10.1. The Morgan fingerprint density at radius 3 is 3.22 bits per heavy atom. The fourth-order valence-electron chi connectivity index (χ4n) is 2.24. The quantitative estimate of drug-likeness (QED) is 0.743. The zero-order valence-corrected chi connectivity index (χ0v) is 10.1. The summed E-state index contributed by atoms with van der Waals surface area (Å²) in [7, 11) is 0. The Hall–Kier alpha value is -2.04. The highest BCUT2D eigenvalue weighted by molar-refractivity contribution is 6.37. The molecule has 5 heteroatoms. The van der Waals surface area contributed by atoms with Crippen molar-refractivity contribution in [2.24, 2.45) is 5.10 Å². The topological polar surface area (TPSA) is 51.1 Å². The number of rotatable bonds is 2. The Bertz CT molecular complexity index is 513. The third-order valence-corrected chi connectivity index (χ3v) is 3.06. The van der Waals surface area contributed by atoms with Crippen molar-refractivity contribution < 1.29 is 14.3 Å². The van der Waals surface area contributed by atoms with E-state index in [-0.39, 0.29) is 12.0 Å². The molecule has 5 nitrogen and oxygen atoms in total. The van der Waals surface area contributed by atoms with Crippen LogP contribution in [0, 0.1) is 0 Å². The van der Waals surface area contributed by atoms with Gasteiger partial charge < -0.3 is 9.47 Å². The molecule has 2 heterocycles. The van der Waals surface area contributed by atoms with Crippen LogP contribution in [-0.2, 0) is 9.53 Å². The number of anilines is 1. The van der Waals surface area contributed by atoms with Crippen molar-refractivity contribution in [2.75, 3.05) is 18.2 Å². The van der Waals surface area contributed by atoms with Gasteiger partial charge in [0, 0.05) is 6.42 Å². The molecule has 1 unspecified atom stereocenters. The predicted molar refractivity (Wildman–Crippen MR) is 66.9 cm³/mol. The smallest absolute Gasteiger partial charge is 0.354 e. The van der Waals surface area contributed by atoms with Crippen molar-refractivity contribution in [3.05, 3.63) is 24.3 Å². The highest BCUT2D eigenvalue weighted by atomic mass is 16.5. The van der Waals surface area contributed by atoms with Gasteiger partial charge in [0.15, 0.2) is 0 Å². The summed E-state index contributed by atoms with van der Waals surface area (Å²) in [6, 6.07) is 7.80. The molecule has 0 N–H and O–H groups in total. The van der Waals surface area contributed by atoms with Crippen LogP contribution < -0.4 is 9.75 Å². The first-order chi connectivity index (χ1) is 8.79. The molecule has 0 bridgehead atoms. The van der Waals surface area contributed by atoms with E-state index >= 15 is 0 Å². The summed E-state index contributed by atoms with van der Waals surface area (Å²) in [6.07, 6.45) is 0.577. The maximum absolute atomic E-state index is 11.7. The van der Waals surface area contributed by atoms with E-state index in [1.807, 2.05) is 29.3 Å². The van der Waals surface area contributed by atoms with Crippen LogP contribution in [-0.4, -0.2) is 30.9 Å². The Morgan fingerprint density at radius 1 is 1.56 bits per heavy atom. The van der Waals surface area contributed by atoms with Crippen LogP contribution in [0.25, 0.3) is 0 Å². The highest BCUT2D eigenvalue weighted by Crippen LogP contribution is 2.37. The summed E-state index contributed by atoms with van der Waals surface area (Å²) in [5.41, 5.74) is 1.38. The minimum atomic E-state index is -0.329. The number of carbonyl (C=O) groups is 1. The van der Waals surface area contributed by atoms with E-state index in [4.69, 9.17) is 9.47 Å². The van der Waals surface area contributed by atoms with E-state index in [1.54, 1.807) is 6.92 Å². The molecule has 18 heavy (non-hydrogen) atoms. The molecule has 2 aliphatic rings. The molecule has 0 aromatic heterocycles. The number of hydrogen-bond donors (Lipinski definition) is 0. The van der Waals surface area contributed by atoms with Crippen molar-refractivity contribution >= 4 is 17.4 Å². The summed E-state index contributed by atoms with van der Waals surface area (Å²) in [5, 5.41) is 6.23. The first kappa shape index (κ1) is 11.1. The van der Waals surface area contributed by atoms with Gasteiger partial charge in [-0.2, -0.15) is 5.10 Å². The lowest BCUT2D eigenvalue weighted by Gasteiger charge is -2.30. The maximum Gasteiger partial charge on any atom is 0.354 e. The van der Waals surface area contributed by atoms with E-state index in [2.05, 4.69) is 5.10 Å². The molecule has 1 atom stereocenters. The van der Waals surface area contributed by atoms with Crippen LogP contribution in [0.4, 0.5) is 5.69 Å². The van der Waals surface area contributed by atoms with Crippen molar-refractivity contribution in [1.29, 1.82) is 0 Å². The van der Waals surface area contributed by atoms with Crippen molar-refractivity contribution in [1.82, 2.24) is 0 Å². The Kier molecular flexibility index (Phi) is 2.66. The first-order valence-electron chi connectivity index (χ1n) is 6.05. The number of ether oxygens (including phenoxy) is 2. The molecule has 0 spiro atoms. The van der Waals surface area contributed by atoms with Gasteiger partial charge in [-0.05, 0) is 19.1 Å². The molecule has 1 aromatic rings. The number of hydrazone groups is 1. The lowest BCUT2D eigenvalue weighted by molar-refractivity contribution is -0.135. The normalized spacial score (nSPS) is 20.6. The number of esters is 1. The van der Waals surface area contributed by atoms with E-state index < -0.39 is 0 Å². The van der Waals surface area contributed by atoms with Gasteiger partial charge in [0.25, 0.3) is 0 Å². The number of fused-ring (bicyclic) bond motifs is 3. The number of hydrogen-bond acceptors (Lipinski definition) is 5. The maximum atomic E-state index is 11.7. The third kappa shape index (κ3) is 1.72. The molecule has 0 saturated heterocycles. The van der Waals surface area contributed by atoms with Gasteiger partial charge in [0.05, 0.1) is 12.6 Å². The second kappa shape index (κ2) is 4.33. The standard InChI is InChI=1S/C13H14N2O3/c1-2-17-13(16)10-7-9-8-18-12-6-4-3-5-11(12)15(9)14-10/h3-6,9H,2,7-8H2,1H3. The minimum absolute atomic E-state index is 0.0966. The molecule has 1 aromatic carbocycles. The summed E-state index contributed by atoms with van der Waals surface area (Å²) >= 11 is 0. The van der Waals surface area contributed by atoms with Gasteiger partial charge in [-0.25, -0.2) is 4.79 Å². The van der Waals surface area contributed by atoms with Gasteiger partial charge in [-0.1, -0.05) is 12.1 Å². The van der Waals surface area contributed by atoms with Gasteiger partial charge in [-0.3, -0.25) is 5.01 Å². The average Bonchev–Trinajstić information content (AvgIpc) is 2.83. The van der Waals surface area contributed by atoms with Gasteiger partial charge in [-0.15, -0.1) is 0 Å². The van der Waals surface area contributed by atoms with E-state index in [0.717, 1.165) is 11.4 Å². The molecule has 3 rings (SSSR count). The lowest BCUT2D eigenvalue weighted by Crippen LogP contribution is -2.36. The summed E-state index contributed by atoms with van der Waals surface area (Å²) in [5.74, 6) is 0.479.